The Hall–Kier alpha value is -3.45. The van der Waals surface area contributed by atoms with E-state index in [-0.39, 0.29) is 11.5 Å². The maximum absolute atomic E-state index is 13.1. The first kappa shape index (κ1) is 19.8. The van der Waals surface area contributed by atoms with Crippen LogP contribution in [0.5, 0.6) is 0 Å². The Balaban J connectivity index is 1.86. The summed E-state index contributed by atoms with van der Waals surface area (Å²) in [6.07, 6.45) is 2.42. The van der Waals surface area contributed by atoms with Crippen molar-refractivity contribution in [2.45, 2.75) is 19.9 Å². The maximum atomic E-state index is 13.1. The highest BCUT2D eigenvalue weighted by Crippen LogP contribution is 2.19. The molecule has 3 aromatic heterocycles. The molecular formula is C23H24N4O3. The van der Waals surface area contributed by atoms with E-state index in [1.807, 2.05) is 54.0 Å². The molecule has 7 heteroatoms. The summed E-state index contributed by atoms with van der Waals surface area (Å²) < 4.78 is 8.40. The molecule has 4 rings (SSSR count). The van der Waals surface area contributed by atoms with Crippen molar-refractivity contribution in [1.82, 2.24) is 19.3 Å². The highest BCUT2D eigenvalue weighted by atomic mass is 16.5. The number of aromatic nitrogens is 3. The number of nitrogens with one attached hydrogen (secondary N) is 1. The van der Waals surface area contributed by atoms with Gasteiger partial charge in [0.25, 0.3) is 11.5 Å². The van der Waals surface area contributed by atoms with Gasteiger partial charge in [-0.1, -0.05) is 36.4 Å². The zero-order valence-corrected chi connectivity index (χ0v) is 17.1. The molecule has 7 nitrogen and oxygen atoms in total. The SMILES string of the molecule is COCCCNC(=O)c1cc2c(=O)n3cccc(C)c3nc2n1Cc1ccccc1. The fourth-order valence-electron chi connectivity index (χ4n) is 3.58. The molecule has 3 heterocycles. The topological polar surface area (TPSA) is 77.6 Å². The Bertz CT molecular complexity index is 1260. The number of nitrogens with zero attached hydrogens (tertiary/aromatic N) is 3. The monoisotopic (exact) mass is 404 g/mol. The van der Waals surface area contributed by atoms with E-state index in [9.17, 15) is 9.59 Å². The molecule has 154 valence electrons. The van der Waals surface area contributed by atoms with Crippen LogP contribution in [0.25, 0.3) is 16.7 Å². The summed E-state index contributed by atoms with van der Waals surface area (Å²) in [6.45, 7) is 3.43. The van der Waals surface area contributed by atoms with E-state index in [0.717, 1.165) is 11.1 Å². The first-order valence-corrected chi connectivity index (χ1v) is 9.92. The number of carbonyl (C=O) groups is 1. The molecule has 0 fully saturated rings. The highest BCUT2D eigenvalue weighted by molar-refractivity contribution is 5.98. The molecule has 0 unspecified atom stereocenters. The Morgan fingerprint density at radius 3 is 2.70 bits per heavy atom. The predicted octanol–water partition coefficient (Wildman–Crippen LogP) is 2.77. The minimum absolute atomic E-state index is 0.182. The van der Waals surface area contributed by atoms with Crippen LogP contribution >= 0.6 is 0 Å². The summed E-state index contributed by atoms with van der Waals surface area (Å²) in [4.78, 5) is 30.9. The van der Waals surface area contributed by atoms with Crippen molar-refractivity contribution in [3.8, 4) is 0 Å². The Labute approximate surface area is 173 Å². The lowest BCUT2D eigenvalue weighted by Crippen LogP contribution is -2.27. The third kappa shape index (κ3) is 3.71. The lowest BCUT2D eigenvalue weighted by Gasteiger charge is -2.11. The molecule has 1 aromatic carbocycles. The number of pyridine rings is 1. The van der Waals surface area contributed by atoms with Gasteiger partial charge in [0.05, 0.1) is 5.39 Å². The molecule has 0 saturated heterocycles. The van der Waals surface area contributed by atoms with Crippen LogP contribution in [-0.4, -0.2) is 40.1 Å². The summed E-state index contributed by atoms with van der Waals surface area (Å²) in [6, 6.07) is 15.2. The molecule has 0 radical (unpaired) electrons. The number of methoxy groups -OCH3 is 1. The van der Waals surface area contributed by atoms with Gasteiger partial charge >= 0.3 is 0 Å². The lowest BCUT2D eigenvalue weighted by atomic mass is 10.2. The Morgan fingerprint density at radius 1 is 1.13 bits per heavy atom. The minimum Gasteiger partial charge on any atom is -0.385 e. The second kappa shape index (κ2) is 8.51. The van der Waals surface area contributed by atoms with Gasteiger partial charge in [-0.05, 0) is 36.6 Å². The van der Waals surface area contributed by atoms with Crippen molar-refractivity contribution < 1.29 is 9.53 Å². The molecule has 0 aliphatic carbocycles. The average molecular weight is 404 g/mol. The number of hydrogen-bond donors (Lipinski definition) is 1. The molecule has 0 saturated carbocycles. The van der Waals surface area contributed by atoms with E-state index in [1.54, 1.807) is 19.4 Å². The summed E-state index contributed by atoms with van der Waals surface area (Å²) in [5.74, 6) is -0.231. The molecule has 0 spiro atoms. The normalized spacial score (nSPS) is 11.3. The number of ether oxygens (including phenoxy) is 1. The van der Waals surface area contributed by atoms with Gasteiger partial charge in [-0.25, -0.2) is 4.98 Å². The molecule has 30 heavy (non-hydrogen) atoms. The zero-order chi connectivity index (χ0) is 21.1. The van der Waals surface area contributed by atoms with Crippen LogP contribution in [0.4, 0.5) is 0 Å². The van der Waals surface area contributed by atoms with Crippen molar-refractivity contribution in [3.05, 3.63) is 81.9 Å². The van der Waals surface area contributed by atoms with Crippen LogP contribution in [0.2, 0.25) is 0 Å². The van der Waals surface area contributed by atoms with Crippen LogP contribution in [0.1, 0.15) is 28.0 Å². The number of amides is 1. The molecule has 1 N–H and O–H groups in total. The van der Waals surface area contributed by atoms with E-state index >= 15 is 0 Å². The van der Waals surface area contributed by atoms with Gasteiger partial charge in [0, 0.05) is 33.0 Å². The summed E-state index contributed by atoms with van der Waals surface area (Å²) in [5.41, 5.74) is 3.27. The van der Waals surface area contributed by atoms with Gasteiger partial charge in [0.15, 0.2) is 0 Å². The van der Waals surface area contributed by atoms with E-state index in [0.29, 0.717) is 48.5 Å². The Kier molecular flexibility index (Phi) is 5.63. The molecule has 1 amide bonds. The molecule has 0 bridgehead atoms. The van der Waals surface area contributed by atoms with E-state index < -0.39 is 0 Å². The van der Waals surface area contributed by atoms with Crippen molar-refractivity contribution in [2.75, 3.05) is 20.3 Å². The second-order valence-electron chi connectivity index (χ2n) is 7.24. The first-order chi connectivity index (χ1) is 14.6. The van der Waals surface area contributed by atoms with Crippen LogP contribution in [-0.2, 0) is 11.3 Å². The van der Waals surface area contributed by atoms with Crippen LogP contribution in [0.3, 0.4) is 0 Å². The van der Waals surface area contributed by atoms with E-state index in [2.05, 4.69) is 5.32 Å². The third-order valence-corrected chi connectivity index (χ3v) is 5.12. The van der Waals surface area contributed by atoms with Crippen molar-refractivity contribution in [3.63, 3.8) is 0 Å². The van der Waals surface area contributed by atoms with Crippen LogP contribution in [0.15, 0.2) is 59.5 Å². The lowest BCUT2D eigenvalue weighted by molar-refractivity contribution is 0.0940. The van der Waals surface area contributed by atoms with Crippen LogP contribution < -0.4 is 10.9 Å². The van der Waals surface area contributed by atoms with Gasteiger partial charge in [0.2, 0.25) is 0 Å². The smallest absolute Gasteiger partial charge is 0.268 e. The first-order valence-electron chi connectivity index (χ1n) is 9.92. The number of fused-ring (bicyclic) bond motifs is 2. The minimum atomic E-state index is -0.231. The van der Waals surface area contributed by atoms with Gasteiger partial charge in [-0.2, -0.15) is 0 Å². The van der Waals surface area contributed by atoms with Crippen LogP contribution in [0, 0.1) is 6.92 Å². The third-order valence-electron chi connectivity index (χ3n) is 5.12. The molecule has 0 aliphatic heterocycles. The molecular weight excluding hydrogens is 380 g/mol. The quantitative estimate of drug-likeness (QED) is 0.481. The largest absolute Gasteiger partial charge is 0.385 e. The Morgan fingerprint density at radius 2 is 1.93 bits per heavy atom. The second-order valence-corrected chi connectivity index (χ2v) is 7.24. The van der Waals surface area contributed by atoms with Crippen molar-refractivity contribution in [1.29, 1.82) is 0 Å². The summed E-state index contributed by atoms with van der Waals surface area (Å²) >= 11 is 0. The van der Waals surface area contributed by atoms with Gasteiger partial charge < -0.3 is 14.6 Å². The highest BCUT2D eigenvalue weighted by Gasteiger charge is 2.20. The van der Waals surface area contributed by atoms with Gasteiger partial charge in [0.1, 0.15) is 17.0 Å². The fraction of sp³-hybridized carbons (Fsp3) is 0.261. The van der Waals surface area contributed by atoms with Gasteiger partial charge in [-0.15, -0.1) is 0 Å². The molecule has 0 aliphatic rings. The van der Waals surface area contributed by atoms with E-state index in [1.165, 1.54) is 4.40 Å². The summed E-state index contributed by atoms with van der Waals surface area (Å²) in [7, 11) is 1.63. The predicted molar refractivity (Wildman–Crippen MR) is 116 cm³/mol. The molecule has 0 atom stereocenters. The summed E-state index contributed by atoms with van der Waals surface area (Å²) in [5, 5.41) is 3.34. The average Bonchev–Trinajstić information content (AvgIpc) is 3.11. The van der Waals surface area contributed by atoms with E-state index in [4.69, 9.17) is 9.72 Å². The fourth-order valence-corrected chi connectivity index (χ4v) is 3.58. The number of benzene rings is 1. The standard InChI is InChI=1S/C23H24N4O3/c1-16-8-6-12-26-20(16)25-21-18(23(26)29)14-19(22(28)24-11-7-13-30-2)27(21)15-17-9-4-3-5-10-17/h3-6,8-10,12,14H,7,11,13,15H2,1-2H3,(H,24,28). The zero-order valence-electron chi connectivity index (χ0n) is 17.1. The van der Waals surface area contributed by atoms with Crippen molar-refractivity contribution in [2.24, 2.45) is 0 Å². The number of hydrogen-bond acceptors (Lipinski definition) is 4. The number of aryl methyl sites for hydroxylation is 1. The van der Waals surface area contributed by atoms with Crippen molar-refractivity contribution >= 4 is 22.6 Å². The number of carbonyl (C=O) groups excluding carboxylic acids is 1. The van der Waals surface area contributed by atoms with Gasteiger partial charge in [-0.3, -0.25) is 14.0 Å². The molecule has 4 aromatic rings. The number of rotatable bonds is 7. The maximum Gasteiger partial charge on any atom is 0.268 e.